The van der Waals surface area contributed by atoms with Crippen molar-refractivity contribution in [1.29, 1.82) is 0 Å². The summed E-state index contributed by atoms with van der Waals surface area (Å²) in [5, 5.41) is 39.0. The largest absolute Gasteiger partial charge is 0.508 e. The van der Waals surface area contributed by atoms with E-state index < -0.39 is 5.97 Å². The number of phenols is 1. The first-order valence-electron chi connectivity index (χ1n) is 24.2. The van der Waals surface area contributed by atoms with E-state index in [1.807, 2.05) is 0 Å². The Morgan fingerprint density at radius 2 is 1.19 bits per heavy atom. The fraction of sp³-hybridized carbons (Fsp3) is 0.471. The number of phenolic OH excluding ortho intramolecular Hbond substituents is 1. The molecule has 372 valence electrons. The smallest absolute Gasteiger partial charge is 0.336 e. The van der Waals surface area contributed by atoms with Crippen LogP contribution in [0.15, 0.2) is 82.0 Å². The predicted molar refractivity (Wildman–Crippen MR) is 267 cm³/mol. The van der Waals surface area contributed by atoms with Gasteiger partial charge >= 0.3 is 5.97 Å². The van der Waals surface area contributed by atoms with Crippen LogP contribution >= 0.6 is 0 Å². The summed E-state index contributed by atoms with van der Waals surface area (Å²) >= 11 is 0. The molecule has 4 aliphatic rings. The van der Waals surface area contributed by atoms with Crippen molar-refractivity contribution >= 4 is 22.8 Å². The number of carboxylic acids is 1. The number of nitrogens with two attached hydrogens (primary N) is 1. The number of hydrogen-bond donors (Lipinski definition) is 8. The molecular weight excluding hydrogens is 883 g/mol. The van der Waals surface area contributed by atoms with Gasteiger partial charge in [0.05, 0.1) is 32.0 Å². The molecule has 1 amide bonds. The van der Waals surface area contributed by atoms with E-state index in [2.05, 4.69) is 54.6 Å². The summed E-state index contributed by atoms with van der Waals surface area (Å²) in [6.07, 6.45) is 0. The van der Waals surface area contributed by atoms with Gasteiger partial charge < -0.3 is 66.1 Å². The minimum Gasteiger partial charge on any atom is -0.508 e. The molecule has 1 aliphatic carbocycles. The third kappa shape index (κ3) is 15.5. The first-order chi connectivity index (χ1) is 33.7. The number of fused-ring (bicyclic) bond motifs is 2. The quantitative estimate of drug-likeness (QED) is 0.0523. The molecule has 0 aromatic heterocycles. The highest BCUT2D eigenvalue weighted by molar-refractivity contribution is 6.09. The average Bonchev–Trinajstić information content (AvgIpc) is 3.33. The lowest BCUT2D eigenvalue weighted by molar-refractivity contribution is 0.0387. The lowest BCUT2D eigenvalue weighted by atomic mass is 9.89. The molecule has 0 saturated carbocycles. The Morgan fingerprint density at radius 3 is 1.81 bits per heavy atom. The summed E-state index contributed by atoms with van der Waals surface area (Å²) < 4.78 is 23.4. The molecule has 0 spiro atoms. The zero-order valence-corrected chi connectivity index (χ0v) is 39.6. The van der Waals surface area contributed by atoms with Gasteiger partial charge in [0.25, 0.3) is 5.91 Å². The van der Waals surface area contributed by atoms with Crippen LogP contribution in [0.3, 0.4) is 0 Å². The Kier molecular flexibility index (Phi) is 20.1. The Hall–Kier alpha value is -5.51. The molecule has 7 rings (SSSR count). The number of rotatable bonds is 16. The Morgan fingerprint density at radius 1 is 0.623 bits per heavy atom. The van der Waals surface area contributed by atoms with Gasteiger partial charge in [0, 0.05) is 159 Å². The fourth-order valence-electron chi connectivity index (χ4n) is 8.75. The van der Waals surface area contributed by atoms with Crippen LogP contribution in [-0.4, -0.2) is 181 Å². The molecule has 3 aliphatic heterocycles. The Bertz CT molecular complexity index is 2430. The van der Waals surface area contributed by atoms with Gasteiger partial charge in [0.2, 0.25) is 0 Å². The number of carbonyl (C=O) groups is 2. The van der Waals surface area contributed by atoms with E-state index in [4.69, 9.17) is 24.4 Å². The predicted octanol–water partition coefficient (Wildman–Crippen LogP) is 2.06. The standard InChI is InChI=1S/C51H69N9O9/c52-7-24-66-25-26-67-27-28-68-42-30-37(35-58-18-12-54-10-8-53-9-11-55-13-19-58)29-38(31-42)36-59-20-14-56-16-22-60(23-17-57-15-21-59)50(63)39-1-4-43(46(32-39)51(64)65)49-44-5-2-40(61)33-47(44)69-48-34-41(62)3-6-45(48)49/h1-6,29-34,53-57,61H,7-28,35-36,52H2,(H,64,65). The van der Waals surface area contributed by atoms with Gasteiger partial charge in [-0.25, -0.2) is 4.79 Å². The van der Waals surface area contributed by atoms with Gasteiger partial charge in [-0.1, -0.05) is 12.1 Å². The van der Waals surface area contributed by atoms with E-state index in [1.54, 1.807) is 29.2 Å². The van der Waals surface area contributed by atoms with Crippen LogP contribution in [0.4, 0.5) is 0 Å². The van der Waals surface area contributed by atoms with Gasteiger partial charge in [0.1, 0.15) is 29.4 Å². The van der Waals surface area contributed by atoms with Crippen LogP contribution < -0.4 is 42.5 Å². The topological polar surface area (TPSA) is 228 Å². The SMILES string of the molecule is NCCOCCOCCOc1cc(CN2CCNCCNCCNCC2)cc(CN2CCNCCN(C(=O)c3ccc(-c4c5ccc(=O)cc-5oc5cc(O)ccc45)c(C(=O)O)c3)CCNCC2)c1. The Labute approximate surface area is 403 Å². The number of ether oxygens (including phenoxy) is 3. The average molecular weight is 952 g/mol. The van der Waals surface area contributed by atoms with E-state index in [0.29, 0.717) is 101 Å². The van der Waals surface area contributed by atoms with Crippen molar-refractivity contribution in [2.45, 2.75) is 13.1 Å². The zero-order valence-electron chi connectivity index (χ0n) is 39.6. The second-order valence-corrected chi connectivity index (χ2v) is 17.3. The van der Waals surface area contributed by atoms with Crippen LogP contribution in [0.25, 0.3) is 33.4 Å². The highest BCUT2D eigenvalue weighted by atomic mass is 16.5. The Balaban J connectivity index is 0.999. The van der Waals surface area contributed by atoms with E-state index >= 15 is 0 Å². The molecule has 2 saturated heterocycles. The molecule has 3 aromatic rings. The summed E-state index contributed by atoms with van der Waals surface area (Å²) in [6.45, 7) is 16.8. The van der Waals surface area contributed by atoms with Crippen molar-refractivity contribution in [3.05, 3.63) is 105 Å². The minimum absolute atomic E-state index is 0.0391. The molecule has 2 fully saturated rings. The summed E-state index contributed by atoms with van der Waals surface area (Å²) in [6, 6.07) is 20.2. The van der Waals surface area contributed by atoms with Gasteiger partial charge in [-0.3, -0.25) is 19.4 Å². The molecule has 18 heteroatoms. The number of nitrogens with one attached hydrogen (secondary N) is 5. The second kappa shape index (κ2) is 27.0. The number of aromatic carboxylic acids is 1. The van der Waals surface area contributed by atoms with E-state index in [0.717, 1.165) is 84.3 Å². The molecule has 0 atom stereocenters. The van der Waals surface area contributed by atoms with Gasteiger partial charge in [-0.05, 0) is 65.2 Å². The summed E-state index contributed by atoms with van der Waals surface area (Å²) in [7, 11) is 0. The van der Waals surface area contributed by atoms with Crippen molar-refractivity contribution in [2.75, 3.05) is 144 Å². The summed E-state index contributed by atoms with van der Waals surface area (Å²) in [5.41, 5.74) is 9.49. The van der Waals surface area contributed by atoms with E-state index in [1.165, 1.54) is 41.5 Å². The highest BCUT2D eigenvalue weighted by Crippen LogP contribution is 2.42. The molecule has 0 bridgehead atoms. The maximum atomic E-state index is 14.2. The van der Waals surface area contributed by atoms with Crippen molar-refractivity contribution in [3.63, 3.8) is 0 Å². The molecule has 69 heavy (non-hydrogen) atoms. The second-order valence-electron chi connectivity index (χ2n) is 17.3. The van der Waals surface area contributed by atoms with E-state index in [9.17, 15) is 24.6 Å². The fourth-order valence-corrected chi connectivity index (χ4v) is 8.75. The maximum absolute atomic E-state index is 14.2. The maximum Gasteiger partial charge on any atom is 0.336 e. The third-order valence-corrected chi connectivity index (χ3v) is 12.2. The number of carboxylic acid groups (broad SMARTS) is 1. The van der Waals surface area contributed by atoms with Crippen molar-refractivity contribution in [1.82, 2.24) is 41.3 Å². The van der Waals surface area contributed by atoms with Crippen LogP contribution in [0.1, 0.15) is 31.8 Å². The van der Waals surface area contributed by atoms with E-state index in [-0.39, 0.29) is 39.6 Å². The molecule has 3 heterocycles. The number of carbonyl (C=O) groups excluding carboxylic acids is 1. The first kappa shape index (κ1) is 51.3. The van der Waals surface area contributed by atoms with Crippen molar-refractivity contribution in [2.24, 2.45) is 5.73 Å². The van der Waals surface area contributed by atoms with Gasteiger partial charge in [0.15, 0.2) is 5.43 Å². The monoisotopic (exact) mass is 952 g/mol. The van der Waals surface area contributed by atoms with Crippen LogP contribution in [0.2, 0.25) is 0 Å². The van der Waals surface area contributed by atoms with Gasteiger partial charge in [-0.2, -0.15) is 0 Å². The summed E-state index contributed by atoms with van der Waals surface area (Å²) in [4.78, 5) is 46.0. The summed E-state index contributed by atoms with van der Waals surface area (Å²) in [5.74, 6) is -0.449. The molecule has 9 N–H and O–H groups in total. The number of aromatic hydroxyl groups is 1. The number of amides is 1. The van der Waals surface area contributed by atoms with Crippen LogP contribution in [0, 0.1) is 0 Å². The molecule has 18 nitrogen and oxygen atoms in total. The van der Waals surface area contributed by atoms with Crippen LogP contribution in [0.5, 0.6) is 11.5 Å². The molecular formula is C51H69N9O9. The highest BCUT2D eigenvalue weighted by Gasteiger charge is 2.25. The minimum atomic E-state index is -1.21. The lowest BCUT2D eigenvalue weighted by Crippen LogP contribution is -2.45. The normalized spacial score (nSPS) is 16.9. The molecule has 0 unspecified atom stereocenters. The zero-order chi connectivity index (χ0) is 48.2. The van der Waals surface area contributed by atoms with Crippen molar-refractivity contribution in [3.8, 4) is 33.9 Å². The van der Waals surface area contributed by atoms with Crippen LogP contribution in [-0.2, 0) is 22.6 Å². The van der Waals surface area contributed by atoms with Crippen molar-refractivity contribution < 1.29 is 38.4 Å². The molecule has 3 aromatic carbocycles. The molecule has 0 radical (unpaired) electrons. The first-order valence-corrected chi connectivity index (χ1v) is 24.2. The lowest BCUT2D eigenvalue weighted by Gasteiger charge is -2.28. The number of nitrogens with zero attached hydrogens (tertiary/aromatic N) is 3. The van der Waals surface area contributed by atoms with Gasteiger partial charge in [-0.15, -0.1) is 0 Å². The third-order valence-electron chi connectivity index (χ3n) is 12.2. The number of hydrogen-bond acceptors (Lipinski definition) is 16. The number of benzene rings is 4.